The minimum absolute atomic E-state index is 0. The van der Waals surface area contributed by atoms with E-state index in [0.717, 1.165) is 0 Å². The Bertz CT molecular complexity index is 102. The van der Waals surface area contributed by atoms with Crippen LogP contribution in [0.1, 0.15) is 2.85 Å². The normalized spacial score (nSPS) is 8.29. The zero-order valence-electron chi connectivity index (χ0n) is 5.33. The third-order valence-corrected chi connectivity index (χ3v) is 0. The van der Waals surface area contributed by atoms with Gasteiger partial charge in [-0.2, -0.15) is 8.42 Å². The fourth-order valence-corrected chi connectivity index (χ4v) is 0. The van der Waals surface area contributed by atoms with Crippen molar-refractivity contribution >= 4 is 55.9 Å². The van der Waals surface area contributed by atoms with E-state index in [4.69, 9.17) is 17.5 Å². The smallest absolute Gasteiger partial charge is 1.00 e. The summed E-state index contributed by atoms with van der Waals surface area (Å²) in [6.45, 7) is 0. The SMILES string of the molecule is O=S(=O)(O)O.[Ce].[H-].[H-].[Sr+2]. The van der Waals surface area contributed by atoms with Gasteiger partial charge in [-0.15, -0.1) is 0 Å². The van der Waals surface area contributed by atoms with Gasteiger partial charge in [-0.25, -0.2) is 0 Å². The van der Waals surface area contributed by atoms with Crippen LogP contribution in [-0.2, 0) is 10.4 Å². The number of hydrogen-bond donors (Lipinski definition) is 2. The maximum absolute atomic E-state index is 8.74. The van der Waals surface area contributed by atoms with Crippen LogP contribution in [0.2, 0.25) is 0 Å². The van der Waals surface area contributed by atoms with E-state index in [1.54, 1.807) is 0 Å². The molecule has 0 rings (SSSR count). The van der Waals surface area contributed by atoms with Crippen molar-refractivity contribution in [1.82, 2.24) is 0 Å². The van der Waals surface area contributed by atoms with Crippen LogP contribution in [0.25, 0.3) is 0 Å². The Morgan fingerprint density at radius 2 is 1.29 bits per heavy atom. The molecule has 7 heteroatoms. The molecular formula is H4CeO4SSr. The van der Waals surface area contributed by atoms with Crippen LogP contribution in [0.3, 0.4) is 0 Å². The maximum Gasteiger partial charge on any atom is 2.00 e. The van der Waals surface area contributed by atoms with Crippen LogP contribution in [0.4, 0.5) is 0 Å². The standard InChI is InChI=1S/Ce.H2O4S.Sr.2H/c;1-5(2,3)4;;;/h;(H2,1,2,3,4);;;/q;;+2;2*-1. The molecular weight excluding hydrogens is 324 g/mol. The second-order valence-corrected chi connectivity index (χ2v) is 1.34. The Morgan fingerprint density at radius 1 is 1.29 bits per heavy atom. The molecule has 0 amide bonds. The molecule has 0 fully saturated rings. The Labute approximate surface area is 115 Å². The minimum atomic E-state index is -4.67. The first-order valence-electron chi connectivity index (χ1n) is 0.698. The number of rotatable bonds is 0. The maximum atomic E-state index is 8.74. The van der Waals surface area contributed by atoms with Gasteiger partial charge in [0.15, 0.2) is 0 Å². The minimum Gasteiger partial charge on any atom is -1.00 e. The third kappa shape index (κ3) is 53.1. The van der Waals surface area contributed by atoms with Gasteiger partial charge in [0.05, 0.1) is 0 Å². The van der Waals surface area contributed by atoms with Gasteiger partial charge in [-0.3, -0.25) is 9.11 Å². The predicted octanol–water partition coefficient (Wildman–Crippen LogP) is -0.809. The van der Waals surface area contributed by atoms with Crippen molar-refractivity contribution < 1.29 is 62.1 Å². The molecule has 7 heavy (non-hydrogen) atoms. The Kier molecular flexibility index (Phi) is 16.0. The topological polar surface area (TPSA) is 74.6 Å². The van der Waals surface area contributed by atoms with E-state index in [9.17, 15) is 0 Å². The van der Waals surface area contributed by atoms with Crippen molar-refractivity contribution in [2.24, 2.45) is 0 Å². The molecule has 0 bridgehead atoms. The molecule has 0 aliphatic carbocycles. The van der Waals surface area contributed by atoms with Crippen LogP contribution < -0.4 is 0 Å². The average Bonchev–Trinajstić information content (AvgIpc) is 0.722. The molecule has 0 aliphatic heterocycles. The van der Waals surface area contributed by atoms with Crippen LogP contribution in [0.5, 0.6) is 0 Å². The molecule has 0 aromatic rings. The van der Waals surface area contributed by atoms with Gasteiger partial charge in [0.25, 0.3) is 0 Å². The van der Waals surface area contributed by atoms with Gasteiger partial charge >= 0.3 is 55.9 Å². The molecule has 4 nitrogen and oxygen atoms in total. The van der Waals surface area contributed by atoms with Crippen molar-refractivity contribution in [2.75, 3.05) is 0 Å². The summed E-state index contributed by atoms with van der Waals surface area (Å²) in [5, 5.41) is 0. The summed E-state index contributed by atoms with van der Waals surface area (Å²) in [4.78, 5) is 0. The average molecular weight is 328 g/mol. The summed E-state index contributed by atoms with van der Waals surface area (Å²) in [6, 6.07) is 0. The molecule has 0 unspecified atom stereocenters. The van der Waals surface area contributed by atoms with Gasteiger partial charge in [0, 0.05) is 41.7 Å². The summed E-state index contributed by atoms with van der Waals surface area (Å²) < 4.78 is 31.6. The Hall–Kier alpha value is 2.73. The summed E-state index contributed by atoms with van der Waals surface area (Å²) in [5.74, 6) is 0. The van der Waals surface area contributed by atoms with E-state index in [2.05, 4.69) is 0 Å². The first kappa shape index (κ1) is 16.4. The molecule has 0 saturated carbocycles. The first-order chi connectivity index (χ1) is 2.00. The summed E-state index contributed by atoms with van der Waals surface area (Å²) in [6.07, 6.45) is 0. The Balaban J connectivity index is -0.0000000133. The van der Waals surface area contributed by atoms with Gasteiger partial charge < -0.3 is 2.85 Å². The summed E-state index contributed by atoms with van der Waals surface area (Å²) in [5.41, 5.74) is 0. The molecule has 0 spiro atoms. The van der Waals surface area contributed by atoms with Gasteiger partial charge in [0.2, 0.25) is 0 Å². The van der Waals surface area contributed by atoms with Crippen molar-refractivity contribution in [3.8, 4) is 0 Å². The monoisotopic (exact) mass is 328 g/mol. The van der Waals surface area contributed by atoms with Crippen LogP contribution in [-0.4, -0.2) is 63.0 Å². The van der Waals surface area contributed by atoms with Crippen molar-refractivity contribution in [1.29, 1.82) is 0 Å². The molecule has 0 aromatic heterocycles. The molecule has 0 saturated heterocycles. The van der Waals surface area contributed by atoms with Gasteiger partial charge in [0.1, 0.15) is 0 Å². The largest absolute Gasteiger partial charge is 2.00 e. The fourth-order valence-electron chi connectivity index (χ4n) is 0. The van der Waals surface area contributed by atoms with Crippen LogP contribution >= 0.6 is 0 Å². The van der Waals surface area contributed by atoms with Gasteiger partial charge in [-0.05, 0) is 0 Å². The van der Waals surface area contributed by atoms with E-state index >= 15 is 0 Å². The van der Waals surface area contributed by atoms with E-state index in [1.807, 2.05) is 0 Å². The summed E-state index contributed by atoms with van der Waals surface area (Å²) in [7, 11) is -4.67. The quantitative estimate of drug-likeness (QED) is 0.451. The van der Waals surface area contributed by atoms with E-state index in [-0.39, 0.29) is 90.1 Å². The fraction of sp³-hybridized carbons (Fsp3) is 0. The third-order valence-electron chi connectivity index (χ3n) is 0. The number of hydrogen-bond acceptors (Lipinski definition) is 2. The van der Waals surface area contributed by atoms with E-state index in [0.29, 0.717) is 0 Å². The Morgan fingerprint density at radius 3 is 1.29 bits per heavy atom. The zero-order chi connectivity index (χ0) is 4.50. The summed E-state index contributed by atoms with van der Waals surface area (Å²) >= 11 is 0. The molecule has 2 N–H and O–H groups in total. The van der Waals surface area contributed by atoms with Crippen molar-refractivity contribution in [2.45, 2.75) is 0 Å². The molecule has 0 aromatic carbocycles. The molecule has 0 atom stereocenters. The van der Waals surface area contributed by atoms with E-state index < -0.39 is 10.4 Å². The van der Waals surface area contributed by atoms with Crippen LogP contribution in [0.15, 0.2) is 0 Å². The zero-order valence-corrected chi connectivity index (χ0v) is 10.8. The van der Waals surface area contributed by atoms with Crippen molar-refractivity contribution in [3.63, 3.8) is 0 Å². The predicted molar refractivity (Wildman–Crippen MR) is 22.2 cm³/mol. The molecule has 40 valence electrons. The van der Waals surface area contributed by atoms with Crippen LogP contribution in [0, 0.1) is 41.7 Å². The molecule has 0 radical (unpaired) electrons. The van der Waals surface area contributed by atoms with Gasteiger partial charge in [-0.1, -0.05) is 0 Å². The van der Waals surface area contributed by atoms with E-state index in [1.165, 1.54) is 0 Å². The molecule has 0 aliphatic rings. The first-order valence-corrected chi connectivity index (χ1v) is 2.10. The van der Waals surface area contributed by atoms with Crippen molar-refractivity contribution in [3.05, 3.63) is 0 Å². The second-order valence-electron chi connectivity index (χ2n) is 0.448. The molecule has 0 heterocycles. The second kappa shape index (κ2) is 6.84.